The summed E-state index contributed by atoms with van der Waals surface area (Å²) in [6.45, 7) is 4.93. The first-order valence-corrected chi connectivity index (χ1v) is 26.0. The second-order valence-corrected chi connectivity index (χ2v) is 22.8. The van der Waals surface area contributed by atoms with Gasteiger partial charge in [0.05, 0.1) is 0 Å². The van der Waals surface area contributed by atoms with Gasteiger partial charge in [0.15, 0.2) is 0 Å². The number of halogens is 3. The van der Waals surface area contributed by atoms with E-state index < -0.39 is 30.7 Å². The second-order valence-electron chi connectivity index (χ2n) is 15.1. The van der Waals surface area contributed by atoms with Crippen LogP contribution in [0.1, 0.15) is 140 Å². The van der Waals surface area contributed by atoms with Crippen LogP contribution in [0.4, 0.5) is 0 Å². The van der Waals surface area contributed by atoms with Crippen LogP contribution in [0.15, 0.2) is 36.4 Å². The van der Waals surface area contributed by atoms with Crippen molar-refractivity contribution in [3.63, 3.8) is 0 Å². The van der Waals surface area contributed by atoms with Gasteiger partial charge < -0.3 is 0 Å². The molecule has 6 rings (SSSR count). The second kappa shape index (κ2) is 25.3. The molecule has 2 aromatic rings. The summed E-state index contributed by atoms with van der Waals surface area (Å²) in [6, 6.07) is 15.1. The molecule has 0 aromatic heterocycles. The van der Waals surface area contributed by atoms with Gasteiger partial charge in [0.2, 0.25) is 0 Å². The molecule has 4 aliphatic carbocycles. The van der Waals surface area contributed by atoms with Gasteiger partial charge in [-0.2, -0.15) is 0 Å². The molecule has 2 aromatic carbocycles. The van der Waals surface area contributed by atoms with E-state index in [-0.39, 0.29) is 35.3 Å². The van der Waals surface area contributed by atoms with E-state index in [2.05, 4.69) is 50.2 Å². The van der Waals surface area contributed by atoms with Crippen molar-refractivity contribution in [1.82, 2.24) is 0 Å². The Bertz CT molecular complexity index is 1240. The predicted octanol–water partition coefficient (Wildman–Crippen LogP) is -2.75. The van der Waals surface area contributed by atoms with Crippen molar-refractivity contribution >= 4 is 26.5 Å². The zero-order valence-corrected chi connectivity index (χ0v) is 37.9. The van der Waals surface area contributed by atoms with E-state index in [1.54, 1.807) is 22.3 Å². The summed E-state index contributed by atoms with van der Waals surface area (Å²) >= 11 is 0. The number of rotatable bonds is 7. The maximum absolute atomic E-state index is 8.49. The molecule has 0 radical (unpaired) electrons. The first kappa shape index (κ1) is 52.5. The van der Waals surface area contributed by atoms with E-state index in [1.807, 2.05) is 10.6 Å². The Morgan fingerprint density at radius 3 is 0.768 bits per heavy atom. The molecule has 0 spiro atoms. The minimum absolute atomic E-state index is 0. The Labute approximate surface area is 354 Å². The zero-order chi connectivity index (χ0) is 40.8. The quantitative estimate of drug-likeness (QED) is 0.202. The van der Waals surface area contributed by atoms with E-state index in [0.717, 1.165) is 22.6 Å². The zero-order valence-electron chi connectivity index (χ0n) is 32.2. The van der Waals surface area contributed by atoms with Crippen molar-refractivity contribution in [2.45, 2.75) is 165 Å². The molecule has 0 aliphatic heterocycles. The fourth-order valence-corrected chi connectivity index (χ4v) is 17.3. The van der Waals surface area contributed by atoms with Crippen LogP contribution in [0, 0.1) is 44.6 Å². The maximum Gasteiger partial charge on any atom is 3.00 e. The minimum Gasteiger partial charge on any atom is -0.222 e. The van der Waals surface area contributed by atoms with Gasteiger partial charge in [0.25, 0.3) is 0 Å². The first-order chi connectivity index (χ1) is 25.7. The van der Waals surface area contributed by atoms with Crippen LogP contribution in [-0.2, 0) is 19.5 Å². The van der Waals surface area contributed by atoms with Gasteiger partial charge in [-0.25, -0.2) is 55.9 Å². The molecule has 4 saturated carbocycles. The summed E-state index contributed by atoms with van der Waals surface area (Å²) in [5.41, 5.74) is 10.4. The minimum atomic E-state index is -4.94. The summed E-state index contributed by atoms with van der Waals surface area (Å²) in [7, 11) is -15.1. The Hall–Kier alpha value is 0.313. The van der Waals surface area contributed by atoms with E-state index in [0.29, 0.717) is 0 Å². The fraction of sp³-hybridized carbons (Fsp3) is 0.684. The smallest absolute Gasteiger partial charge is 0.222 e. The van der Waals surface area contributed by atoms with Crippen LogP contribution in [0.3, 0.4) is 0 Å². The summed E-state index contributed by atoms with van der Waals surface area (Å²) < 4.78 is 102. The first-order valence-electron chi connectivity index (χ1n) is 19.3. The largest absolute Gasteiger partial charge is 3.00 e. The standard InChI is InChI=1S/C38H56P2.3ClHO4.Rh/c1-29-17-15-27-35(39(31-19-7-3-8-20-31)32-21-9-4-10-22-32)37(29)38-30(2)18-16-28-36(38)40(33-23-11-5-12-24-33)34-25-13-6-14-26-34;3*2-1(3,4)5;/h15-18,27-28,31-34H,3-14,19-26H2,1-2H3;3*(H,2,3,4,5);/q;;;;+3/p-3. The summed E-state index contributed by atoms with van der Waals surface area (Å²) in [6.07, 6.45) is 29.6. The van der Waals surface area contributed by atoms with Gasteiger partial charge in [-0.3, -0.25) is 0 Å². The van der Waals surface area contributed by atoms with Gasteiger partial charge in [0.1, 0.15) is 0 Å². The molecule has 0 heterocycles. The topological polar surface area (TPSA) is 277 Å². The number of hydrogen-bond acceptors (Lipinski definition) is 12. The molecule has 18 heteroatoms. The third-order valence-corrected chi connectivity index (χ3v) is 18.3. The van der Waals surface area contributed by atoms with E-state index in [4.69, 9.17) is 55.9 Å². The monoisotopic (exact) mass is 974 g/mol. The van der Waals surface area contributed by atoms with Crippen LogP contribution in [0.5, 0.6) is 0 Å². The third-order valence-electron chi connectivity index (χ3n) is 11.2. The molecular weight excluding hydrogens is 920 g/mol. The molecule has 0 amide bonds. The summed E-state index contributed by atoms with van der Waals surface area (Å²) in [4.78, 5) is 0. The molecular formula is C38H56Cl3O12P2Rh. The van der Waals surface area contributed by atoms with E-state index >= 15 is 0 Å². The molecule has 56 heavy (non-hydrogen) atoms. The number of benzene rings is 2. The van der Waals surface area contributed by atoms with Crippen LogP contribution >= 0.6 is 15.8 Å². The van der Waals surface area contributed by atoms with Crippen LogP contribution in [0.2, 0.25) is 0 Å². The molecule has 0 atom stereocenters. The Balaban J connectivity index is 0.000000579. The number of aryl methyl sites for hydroxylation is 2. The Morgan fingerprint density at radius 2 is 0.571 bits per heavy atom. The van der Waals surface area contributed by atoms with Crippen molar-refractivity contribution in [2.75, 3.05) is 0 Å². The van der Waals surface area contributed by atoms with Gasteiger partial charge >= 0.3 is 19.5 Å². The van der Waals surface area contributed by atoms with Crippen molar-refractivity contribution in [3.05, 3.63) is 47.5 Å². The van der Waals surface area contributed by atoms with Gasteiger partial charge in [-0.1, -0.05) is 129 Å². The normalized spacial score (nSPS) is 19.5. The van der Waals surface area contributed by atoms with Gasteiger partial charge in [-0.05, 0) is 121 Å². The molecule has 0 unspecified atom stereocenters. The molecule has 0 bridgehead atoms. The molecule has 4 aliphatic rings. The predicted molar refractivity (Wildman–Crippen MR) is 182 cm³/mol. The fourth-order valence-electron chi connectivity index (χ4n) is 9.21. The molecule has 12 nitrogen and oxygen atoms in total. The van der Waals surface area contributed by atoms with Crippen LogP contribution in [-0.4, -0.2) is 22.6 Å². The van der Waals surface area contributed by atoms with Gasteiger partial charge in [0, 0.05) is 0 Å². The average Bonchev–Trinajstić information content (AvgIpc) is 3.09. The van der Waals surface area contributed by atoms with Crippen LogP contribution in [0.25, 0.3) is 11.1 Å². The van der Waals surface area contributed by atoms with Crippen molar-refractivity contribution in [2.24, 2.45) is 0 Å². The number of hydrogen-bond donors (Lipinski definition) is 0. The van der Waals surface area contributed by atoms with E-state index in [1.165, 1.54) is 128 Å². The molecule has 320 valence electrons. The van der Waals surface area contributed by atoms with Gasteiger partial charge in [-0.15, -0.1) is 30.7 Å². The third kappa shape index (κ3) is 19.8. The molecule has 4 fully saturated rings. The molecule has 0 N–H and O–H groups in total. The Kier molecular flexibility index (Phi) is 23.7. The van der Waals surface area contributed by atoms with Crippen molar-refractivity contribution in [3.8, 4) is 11.1 Å². The summed E-state index contributed by atoms with van der Waals surface area (Å²) in [5, 5.41) is 3.65. The molecule has 0 saturated heterocycles. The average molecular weight is 976 g/mol. The van der Waals surface area contributed by atoms with Crippen molar-refractivity contribution in [1.29, 1.82) is 0 Å². The maximum atomic E-state index is 8.49. The van der Waals surface area contributed by atoms with E-state index in [9.17, 15) is 0 Å². The SMILES string of the molecule is Cc1cccc(P(C2CCCCC2)C2CCCCC2)c1-c1c(C)cccc1P(C1CCCCC1)C1CCCCC1.[O-][Cl+3]([O-])([O-])[O-].[O-][Cl+3]([O-])([O-])[O-].[O-][Cl+3]([O-])([O-])[O-].[Rh+3]. The van der Waals surface area contributed by atoms with Crippen molar-refractivity contribution < 1.29 is 106 Å². The van der Waals surface area contributed by atoms with Crippen LogP contribution < -0.4 is 66.5 Å². The Morgan fingerprint density at radius 1 is 0.375 bits per heavy atom. The summed E-state index contributed by atoms with van der Waals surface area (Å²) in [5.74, 6) is 0.